The minimum Gasteiger partial charge on any atom is -0.462 e. The maximum absolute atomic E-state index is 12.7. The van der Waals surface area contributed by atoms with E-state index in [9.17, 15) is 14.4 Å². The van der Waals surface area contributed by atoms with Gasteiger partial charge in [-0.05, 0) is 38.5 Å². The van der Waals surface area contributed by atoms with Gasteiger partial charge >= 0.3 is 17.9 Å². The number of esters is 3. The first-order chi connectivity index (χ1) is 34.0. The first-order valence-corrected chi connectivity index (χ1v) is 31.2. The van der Waals surface area contributed by atoms with Crippen molar-refractivity contribution in [1.82, 2.24) is 0 Å². The topological polar surface area (TPSA) is 78.9 Å². The molecular weight excluding hydrogens is 853 g/mol. The molecule has 0 aliphatic heterocycles. The SMILES string of the molecule is CCC/C=C\CCCCCCCC(=O)OC(COC(=O)CCCCCCCC)COC(=O)CCCCCCCCCCCCCCCCCCCCCCCCCCCCCCCCCCCCC. The number of carbonyl (C=O) groups excluding carboxylic acids is 3. The van der Waals surface area contributed by atoms with Crippen LogP contribution in [0.15, 0.2) is 12.2 Å². The highest BCUT2D eigenvalue weighted by atomic mass is 16.6. The van der Waals surface area contributed by atoms with Crippen LogP contribution in [-0.4, -0.2) is 37.2 Å². The molecule has 1 unspecified atom stereocenters. The molecule has 0 radical (unpaired) electrons. The molecule has 0 fully saturated rings. The summed E-state index contributed by atoms with van der Waals surface area (Å²) in [6.07, 6.45) is 68.7. The molecule has 0 aliphatic carbocycles. The zero-order chi connectivity index (χ0) is 50.0. The van der Waals surface area contributed by atoms with Gasteiger partial charge in [0.2, 0.25) is 0 Å². The summed E-state index contributed by atoms with van der Waals surface area (Å²) in [7, 11) is 0. The molecule has 0 rings (SSSR count). The maximum atomic E-state index is 12.7. The lowest BCUT2D eigenvalue weighted by Gasteiger charge is -2.18. The normalized spacial score (nSPS) is 12.0. The lowest BCUT2D eigenvalue weighted by Crippen LogP contribution is -2.30. The van der Waals surface area contributed by atoms with Crippen LogP contribution < -0.4 is 0 Å². The summed E-state index contributed by atoms with van der Waals surface area (Å²) in [5.41, 5.74) is 0. The maximum Gasteiger partial charge on any atom is 0.306 e. The zero-order valence-electron chi connectivity index (χ0n) is 46.9. The quantitative estimate of drug-likeness (QED) is 0.0261. The van der Waals surface area contributed by atoms with Crippen molar-refractivity contribution < 1.29 is 28.6 Å². The summed E-state index contributed by atoms with van der Waals surface area (Å²) >= 11 is 0. The molecule has 0 saturated heterocycles. The second kappa shape index (κ2) is 58.7. The molecule has 1 atom stereocenters. The van der Waals surface area contributed by atoms with Crippen molar-refractivity contribution in [2.45, 2.75) is 361 Å². The van der Waals surface area contributed by atoms with Crippen LogP contribution in [0, 0.1) is 0 Å². The van der Waals surface area contributed by atoms with Crippen LogP contribution >= 0.6 is 0 Å². The van der Waals surface area contributed by atoms with E-state index in [-0.39, 0.29) is 31.1 Å². The molecule has 0 spiro atoms. The van der Waals surface area contributed by atoms with Crippen LogP contribution in [-0.2, 0) is 28.6 Å². The summed E-state index contributed by atoms with van der Waals surface area (Å²) in [4.78, 5) is 37.7. The average Bonchev–Trinajstić information content (AvgIpc) is 3.35. The van der Waals surface area contributed by atoms with Gasteiger partial charge in [0, 0.05) is 19.3 Å². The predicted molar refractivity (Wildman–Crippen MR) is 298 cm³/mol. The molecule has 0 bridgehead atoms. The molecule has 0 aromatic carbocycles. The van der Waals surface area contributed by atoms with E-state index in [4.69, 9.17) is 14.2 Å². The Morgan fingerprint density at radius 3 is 0.783 bits per heavy atom. The first kappa shape index (κ1) is 67.1. The van der Waals surface area contributed by atoms with Crippen LogP contribution in [0.5, 0.6) is 0 Å². The number of allylic oxidation sites excluding steroid dienone is 2. The van der Waals surface area contributed by atoms with Crippen molar-refractivity contribution in [3.8, 4) is 0 Å². The third-order valence-corrected chi connectivity index (χ3v) is 14.3. The van der Waals surface area contributed by atoms with Gasteiger partial charge in [-0.25, -0.2) is 0 Å². The lowest BCUT2D eigenvalue weighted by atomic mass is 10.0. The third kappa shape index (κ3) is 56.9. The van der Waals surface area contributed by atoms with Crippen LogP contribution in [0.4, 0.5) is 0 Å². The van der Waals surface area contributed by atoms with Gasteiger partial charge in [0.15, 0.2) is 6.10 Å². The second-order valence-corrected chi connectivity index (χ2v) is 21.3. The Labute approximate surface area is 431 Å². The van der Waals surface area contributed by atoms with Gasteiger partial charge in [-0.3, -0.25) is 14.4 Å². The van der Waals surface area contributed by atoms with Crippen molar-refractivity contribution in [2.24, 2.45) is 0 Å². The van der Waals surface area contributed by atoms with Crippen LogP contribution in [0.2, 0.25) is 0 Å². The summed E-state index contributed by atoms with van der Waals surface area (Å²) in [5, 5.41) is 0. The summed E-state index contributed by atoms with van der Waals surface area (Å²) in [6.45, 7) is 6.55. The molecule has 0 heterocycles. The summed E-state index contributed by atoms with van der Waals surface area (Å²) < 4.78 is 16.7. The largest absolute Gasteiger partial charge is 0.462 e. The van der Waals surface area contributed by atoms with E-state index < -0.39 is 6.10 Å². The summed E-state index contributed by atoms with van der Waals surface area (Å²) in [5.74, 6) is -0.874. The third-order valence-electron chi connectivity index (χ3n) is 14.3. The fourth-order valence-corrected chi connectivity index (χ4v) is 9.57. The smallest absolute Gasteiger partial charge is 0.306 e. The highest BCUT2D eigenvalue weighted by molar-refractivity contribution is 5.71. The molecule has 69 heavy (non-hydrogen) atoms. The highest BCUT2D eigenvalue weighted by Gasteiger charge is 2.19. The molecule has 0 aliphatic rings. The van der Waals surface area contributed by atoms with Crippen molar-refractivity contribution in [1.29, 1.82) is 0 Å². The lowest BCUT2D eigenvalue weighted by molar-refractivity contribution is -0.167. The van der Waals surface area contributed by atoms with E-state index in [0.717, 1.165) is 70.6 Å². The molecule has 0 saturated carbocycles. The van der Waals surface area contributed by atoms with Crippen molar-refractivity contribution >= 4 is 17.9 Å². The number of carbonyl (C=O) groups is 3. The van der Waals surface area contributed by atoms with Crippen molar-refractivity contribution in [2.75, 3.05) is 13.2 Å². The first-order valence-electron chi connectivity index (χ1n) is 31.2. The van der Waals surface area contributed by atoms with Crippen LogP contribution in [0.25, 0.3) is 0 Å². The van der Waals surface area contributed by atoms with Gasteiger partial charge in [0.1, 0.15) is 13.2 Å². The molecule has 6 nitrogen and oxygen atoms in total. The Morgan fingerprint density at radius 1 is 0.275 bits per heavy atom. The minimum atomic E-state index is -0.766. The van der Waals surface area contributed by atoms with Gasteiger partial charge < -0.3 is 14.2 Å². The summed E-state index contributed by atoms with van der Waals surface area (Å²) in [6, 6.07) is 0. The Morgan fingerprint density at radius 2 is 0.507 bits per heavy atom. The molecular formula is C63H120O6. The molecule has 0 aromatic heterocycles. The predicted octanol–water partition coefficient (Wildman–Crippen LogP) is 20.9. The molecule has 0 amide bonds. The fraction of sp³-hybridized carbons (Fsp3) is 0.921. The zero-order valence-corrected chi connectivity index (χ0v) is 46.9. The molecule has 0 N–H and O–H groups in total. The monoisotopic (exact) mass is 973 g/mol. The number of hydrogen-bond donors (Lipinski definition) is 0. The highest BCUT2D eigenvalue weighted by Crippen LogP contribution is 2.18. The van der Waals surface area contributed by atoms with Crippen molar-refractivity contribution in [3.63, 3.8) is 0 Å². The number of ether oxygens (including phenoxy) is 3. The van der Waals surface area contributed by atoms with Gasteiger partial charge in [0.05, 0.1) is 0 Å². The van der Waals surface area contributed by atoms with E-state index in [2.05, 4.69) is 32.9 Å². The van der Waals surface area contributed by atoms with Gasteiger partial charge in [-0.15, -0.1) is 0 Å². The Kier molecular flexibility index (Phi) is 57.1. The van der Waals surface area contributed by atoms with E-state index in [0.29, 0.717) is 19.3 Å². The Balaban J connectivity index is 3.77. The molecule has 408 valence electrons. The molecule has 0 aromatic rings. The van der Waals surface area contributed by atoms with Crippen LogP contribution in [0.3, 0.4) is 0 Å². The number of hydrogen-bond acceptors (Lipinski definition) is 6. The van der Waals surface area contributed by atoms with Gasteiger partial charge in [0.25, 0.3) is 0 Å². The van der Waals surface area contributed by atoms with E-state index >= 15 is 0 Å². The van der Waals surface area contributed by atoms with Crippen molar-refractivity contribution in [3.05, 3.63) is 12.2 Å². The standard InChI is InChI=1S/C63H120O6/c1-4-7-10-13-16-18-20-21-22-23-24-25-26-27-28-29-30-31-32-33-34-35-36-37-38-39-40-41-42-43-44-46-47-50-53-56-62(65)68-59-60(58-67-61(64)55-52-49-15-12-9-6-3)69-63(66)57-54-51-48-45-19-17-14-11-8-5-2/h11,14,60H,4-10,12-13,15-59H2,1-3H3/b14-11-. The van der Waals surface area contributed by atoms with Gasteiger partial charge in [-0.2, -0.15) is 0 Å². The van der Waals surface area contributed by atoms with E-state index in [1.165, 1.54) is 244 Å². The van der Waals surface area contributed by atoms with E-state index in [1.807, 2.05) is 0 Å². The van der Waals surface area contributed by atoms with Gasteiger partial charge in [-0.1, -0.05) is 309 Å². The molecule has 6 heteroatoms. The number of rotatable bonds is 58. The second-order valence-electron chi connectivity index (χ2n) is 21.3. The number of unbranched alkanes of at least 4 members (excludes halogenated alkanes) is 45. The minimum absolute atomic E-state index is 0.0693. The van der Waals surface area contributed by atoms with Crippen LogP contribution in [0.1, 0.15) is 355 Å². The Hall–Kier alpha value is -1.85. The fourth-order valence-electron chi connectivity index (χ4n) is 9.57. The average molecular weight is 974 g/mol. The Bertz CT molecular complexity index is 1070. The van der Waals surface area contributed by atoms with E-state index in [1.54, 1.807) is 0 Å².